The van der Waals surface area contributed by atoms with Crippen LogP contribution in [0.15, 0.2) is 12.1 Å². The van der Waals surface area contributed by atoms with Crippen LogP contribution in [-0.2, 0) is 0 Å². The summed E-state index contributed by atoms with van der Waals surface area (Å²) in [5.74, 6) is -1.06. The molecule has 0 bridgehead atoms. The molecule has 1 rings (SSSR count). The number of halogens is 2. The molecule has 1 aromatic carbocycles. The summed E-state index contributed by atoms with van der Waals surface area (Å²) in [5.41, 5.74) is 5.91. The molecule has 0 aromatic heterocycles. The Kier molecular flexibility index (Phi) is 5.54. The van der Waals surface area contributed by atoms with Crippen LogP contribution in [0.25, 0.3) is 0 Å². The van der Waals surface area contributed by atoms with Gasteiger partial charge in [-0.15, -0.1) is 0 Å². The van der Waals surface area contributed by atoms with Gasteiger partial charge >= 0.3 is 0 Å². The molecule has 18 heavy (non-hydrogen) atoms. The first-order valence-corrected chi connectivity index (χ1v) is 6.29. The maximum Gasteiger partial charge on any atom is 0.134 e. The topological polar surface area (TPSA) is 35.2 Å². The molecule has 0 amide bonds. The Morgan fingerprint density at radius 2 is 1.83 bits per heavy atom. The van der Waals surface area contributed by atoms with Crippen molar-refractivity contribution in [3.8, 4) is 5.75 Å². The SMILES string of the molecule is CCCCC(C)C(N)c1c(F)cc(OC)cc1F. The first-order valence-electron chi connectivity index (χ1n) is 6.29. The zero-order chi connectivity index (χ0) is 13.7. The number of rotatable bonds is 6. The van der Waals surface area contributed by atoms with E-state index in [-0.39, 0.29) is 17.2 Å². The first kappa shape index (κ1) is 14.9. The summed E-state index contributed by atoms with van der Waals surface area (Å²) in [4.78, 5) is 0. The highest BCUT2D eigenvalue weighted by molar-refractivity contribution is 5.32. The summed E-state index contributed by atoms with van der Waals surface area (Å²) in [6.45, 7) is 4.00. The number of hydrogen-bond donors (Lipinski definition) is 1. The normalized spacial score (nSPS) is 14.3. The number of ether oxygens (including phenoxy) is 1. The molecule has 102 valence electrons. The van der Waals surface area contributed by atoms with Gasteiger partial charge in [-0.25, -0.2) is 8.78 Å². The highest BCUT2D eigenvalue weighted by Gasteiger charge is 2.22. The fourth-order valence-electron chi connectivity index (χ4n) is 1.99. The third kappa shape index (κ3) is 3.42. The van der Waals surface area contributed by atoms with Crippen LogP contribution in [0.5, 0.6) is 5.75 Å². The molecule has 4 heteroatoms. The predicted octanol–water partition coefficient (Wildman–Crippen LogP) is 3.80. The van der Waals surface area contributed by atoms with E-state index in [9.17, 15) is 8.78 Å². The van der Waals surface area contributed by atoms with Gasteiger partial charge in [-0.3, -0.25) is 0 Å². The summed E-state index contributed by atoms with van der Waals surface area (Å²) in [7, 11) is 1.37. The van der Waals surface area contributed by atoms with Gasteiger partial charge in [0.25, 0.3) is 0 Å². The number of benzene rings is 1. The Balaban J connectivity index is 2.94. The second-order valence-electron chi connectivity index (χ2n) is 4.65. The maximum atomic E-state index is 13.8. The van der Waals surface area contributed by atoms with Gasteiger partial charge in [0.05, 0.1) is 7.11 Å². The molecule has 2 nitrogen and oxygen atoms in total. The van der Waals surface area contributed by atoms with E-state index in [1.807, 2.05) is 6.92 Å². The Morgan fingerprint density at radius 1 is 1.28 bits per heavy atom. The minimum atomic E-state index is -0.636. The lowest BCUT2D eigenvalue weighted by Crippen LogP contribution is -2.22. The lowest BCUT2D eigenvalue weighted by molar-refractivity contribution is 0.383. The quantitative estimate of drug-likeness (QED) is 0.841. The molecule has 2 atom stereocenters. The summed E-state index contributed by atoms with van der Waals surface area (Å²) < 4.78 is 32.5. The van der Waals surface area contributed by atoms with E-state index in [4.69, 9.17) is 10.5 Å². The summed E-state index contributed by atoms with van der Waals surface area (Å²) in [6.07, 6.45) is 2.92. The van der Waals surface area contributed by atoms with Crippen molar-refractivity contribution >= 4 is 0 Å². The highest BCUT2D eigenvalue weighted by Crippen LogP contribution is 2.30. The van der Waals surface area contributed by atoms with E-state index in [1.165, 1.54) is 19.2 Å². The van der Waals surface area contributed by atoms with Crippen LogP contribution < -0.4 is 10.5 Å². The number of hydrogen-bond acceptors (Lipinski definition) is 2. The van der Waals surface area contributed by atoms with Gasteiger partial charge < -0.3 is 10.5 Å². The molecule has 0 saturated heterocycles. The molecule has 0 aliphatic rings. The predicted molar refractivity (Wildman–Crippen MR) is 68.5 cm³/mol. The van der Waals surface area contributed by atoms with Crippen LogP contribution in [0.3, 0.4) is 0 Å². The number of nitrogens with two attached hydrogens (primary N) is 1. The molecule has 0 heterocycles. The number of unbranched alkanes of at least 4 members (excludes halogenated alkanes) is 1. The Labute approximate surface area is 107 Å². The van der Waals surface area contributed by atoms with Gasteiger partial charge in [-0.1, -0.05) is 26.7 Å². The minimum absolute atomic E-state index is 0.0422. The Bertz CT molecular complexity index is 372. The van der Waals surface area contributed by atoms with Gasteiger partial charge in [0, 0.05) is 23.7 Å². The monoisotopic (exact) mass is 257 g/mol. The summed E-state index contributed by atoms with van der Waals surface area (Å²) >= 11 is 0. The molecule has 0 aliphatic carbocycles. The van der Waals surface area contributed by atoms with Crippen molar-refractivity contribution in [1.29, 1.82) is 0 Å². The highest BCUT2D eigenvalue weighted by atomic mass is 19.1. The fraction of sp³-hybridized carbons (Fsp3) is 0.571. The first-order chi connectivity index (χ1) is 8.51. The molecule has 2 N–H and O–H groups in total. The molecular weight excluding hydrogens is 236 g/mol. The van der Waals surface area contributed by atoms with E-state index < -0.39 is 17.7 Å². The average molecular weight is 257 g/mol. The summed E-state index contributed by atoms with van der Waals surface area (Å²) in [5, 5.41) is 0. The van der Waals surface area contributed by atoms with E-state index >= 15 is 0 Å². The van der Waals surface area contributed by atoms with E-state index in [0.717, 1.165) is 19.3 Å². The van der Waals surface area contributed by atoms with Crippen molar-refractivity contribution < 1.29 is 13.5 Å². The smallest absolute Gasteiger partial charge is 0.134 e. The Hall–Kier alpha value is -1.16. The third-order valence-corrected chi connectivity index (χ3v) is 3.25. The second-order valence-corrected chi connectivity index (χ2v) is 4.65. The van der Waals surface area contributed by atoms with Crippen LogP contribution in [-0.4, -0.2) is 7.11 Å². The van der Waals surface area contributed by atoms with Crippen molar-refractivity contribution in [2.75, 3.05) is 7.11 Å². The third-order valence-electron chi connectivity index (χ3n) is 3.25. The molecular formula is C14H21F2NO. The lowest BCUT2D eigenvalue weighted by atomic mass is 9.90. The van der Waals surface area contributed by atoms with Crippen molar-refractivity contribution in [1.82, 2.24) is 0 Å². The van der Waals surface area contributed by atoms with Gasteiger partial charge in [0.1, 0.15) is 17.4 Å². The summed E-state index contributed by atoms with van der Waals surface area (Å²) in [6, 6.07) is 1.72. The van der Waals surface area contributed by atoms with E-state index in [0.29, 0.717) is 0 Å². The number of methoxy groups -OCH3 is 1. The van der Waals surface area contributed by atoms with Crippen molar-refractivity contribution in [3.63, 3.8) is 0 Å². The van der Waals surface area contributed by atoms with Gasteiger partial charge in [-0.05, 0) is 12.3 Å². The zero-order valence-corrected chi connectivity index (χ0v) is 11.2. The molecule has 0 spiro atoms. The van der Waals surface area contributed by atoms with Gasteiger partial charge in [0.15, 0.2) is 0 Å². The van der Waals surface area contributed by atoms with Crippen LogP contribution in [0.1, 0.15) is 44.7 Å². The largest absolute Gasteiger partial charge is 0.497 e. The average Bonchev–Trinajstić information content (AvgIpc) is 2.34. The molecule has 1 aromatic rings. The lowest BCUT2D eigenvalue weighted by Gasteiger charge is -2.21. The standard InChI is InChI=1S/C14H21F2NO/c1-4-5-6-9(2)14(17)13-11(15)7-10(18-3)8-12(13)16/h7-9,14H,4-6,17H2,1-3H3. The fourth-order valence-corrected chi connectivity index (χ4v) is 1.99. The molecule has 2 unspecified atom stereocenters. The molecule has 0 radical (unpaired) electrons. The van der Waals surface area contributed by atoms with Crippen molar-refractivity contribution in [2.45, 2.75) is 39.2 Å². The van der Waals surface area contributed by atoms with Gasteiger partial charge in [0.2, 0.25) is 0 Å². The van der Waals surface area contributed by atoms with Crippen LogP contribution in [0.4, 0.5) is 8.78 Å². The molecule has 0 saturated carbocycles. The van der Waals surface area contributed by atoms with Crippen LogP contribution in [0, 0.1) is 17.6 Å². The Morgan fingerprint density at radius 3 is 2.28 bits per heavy atom. The van der Waals surface area contributed by atoms with Crippen LogP contribution in [0.2, 0.25) is 0 Å². The molecule has 0 fully saturated rings. The maximum absolute atomic E-state index is 13.8. The van der Waals surface area contributed by atoms with E-state index in [2.05, 4.69) is 6.92 Å². The minimum Gasteiger partial charge on any atom is -0.497 e. The van der Waals surface area contributed by atoms with E-state index in [1.54, 1.807) is 0 Å². The zero-order valence-electron chi connectivity index (χ0n) is 11.2. The van der Waals surface area contributed by atoms with Crippen molar-refractivity contribution in [3.05, 3.63) is 29.3 Å². The van der Waals surface area contributed by atoms with Gasteiger partial charge in [-0.2, -0.15) is 0 Å². The van der Waals surface area contributed by atoms with Crippen LogP contribution >= 0.6 is 0 Å². The molecule has 0 aliphatic heterocycles. The second kappa shape index (κ2) is 6.69. The van der Waals surface area contributed by atoms with Crippen molar-refractivity contribution in [2.24, 2.45) is 11.7 Å².